The molecule has 0 saturated carbocycles. The van der Waals surface area contributed by atoms with Gasteiger partial charge in [-0.25, -0.2) is 4.99 Å². The molecule has 0 unspecified atom stereocenters. The van der Waals surface area contributed by atoms with E-state index in [-0.39, 0.29) is 16.9 Å². The quantitative estimate of drug-likeness (QED) is 0.762. The molecule has 1 aliphatic rings. The number of aliphatic imine (C=N–C) groups is 1. The molecule has 0 bridgehead atoms. The highest BCUT2D eigenvalue weighted by molar-refractivity contribution is 8.14. The molecule has 0 spiro atoms. The van der Waals surface area contributed by atoms with Crippen molar-refractivity contribution in [1.29, 1.82) is 0 Å². The van der Waals surface area contributed by atoms with Crippen molar-refractivity contribution < 1.29 is 0 Å². The third-order valence-electron chi connectivity index (χ3n) is 4.20. The van der Waals surface area contributed by atoms with Gasteiger partial charge in [0.2, 0.25) is 0 Å². The summed E-state index contributed by atoms with van der Waals surface area (Å²) in [6.45, 7) is 6.07. The maximum atomic E-state index is 12.6. The van der Waals surface area contributed by atoms with Gasteiger partial charge in [0.05, 0.1) is 21.4 Å². The van der Waals surface area contributed by atoms with Crippen LogP contribution >= 0.6 is 11.8 Å². The fourth-order valence-corrected chi connectivity index (χ4v) is 4.17. The molecule has 0 radical (unpaired) electrons. The summed E-state index contributed by atoms with van der Waals surface area (Å²) < 4.78 is 1.86. The Morgan fingerprint density at radius 3 is 2.92 bits per heavy atom. The first-order chi connectivity index (χ1) is 11.5. The van der Waals surface area contributed by atoms with Crippen molar-refractivity contribution in [2.75, 3.05) is 0 Å². The van der Waals surface area contributed by atoms with Crippen LogP contribution in [-0.4, -0.2) is 19.8 Å². The Labute approximate surface area is 143 Å². The van der Waals surface area contributed by atoms with Crippen molar-refractivity contribution in [2.45, 2.75) is 32.1 Å². The van der Waals surface area contributed by atoms with E-state index in [2.05, 4.69) is 27.2 Å². The Hall–Kier alpha value is -2.34. The lowest BCUT2D eigenvalue weighted by Gasteiger charge is -2.21. The van der Waals surface area contributed by atoms with E-state index in [0.717, 1.165) is 32.9 Å². The molecule has 1 aromatic carbocycles. The highest BCUT2D eigenvalue weighted by atomic mass is 32.2. The van der Waals surface area contributed by atoms with Crippen LogP contribution in [0, 0.1) is 0 Å². The number of H-pyrrole nitrogens is 1. The fraction of sp³-hybridized carbons (Fsp3) is 0.278. The largest absolute Gasteiger partial charge is 0.271 e. The summed E-state index contributed by atoms with van der Waals surface area (Å²) in [5.74, 6) is 0.752. The summed E-state index contributed by atoms with van der Waals surface area (Å²) in [5, 5.41) is 4.94. The van der Waals surface area contributed by atoms with Crippen molar-refractivity contribution in [3.63, 3.8) is 0 Å². The molecule has 1 atom stereocenters. The second kappa shape index (κ2) is 5.63. The number of thioether (sulfide) groups is 1. The van der Waals surface area contributed by atoms with Crippen molar-refractivity contribution in [3.8, 4) is 0 Å². The van der Waals surface area contributed by atoms with Crippen LogP contribution < -0.4 is 5.56 Å². The highest BCUT2D eigenvalue weighted by Gasteiger charge is 2.30. The number of rotatable bonds is 2. The van der Waals surface area contributed by atoms with E-state index >= 15 is 0 Å². The molecule has 6 heteroatoms. The number of fused-ring (bicyclic) bond motifs is 2. The Balaban J connectivity index is 1.91. The van der Waals surface area contributed by atoms with Gasteiger partial charge in [-0.15, -0.1) is 0 Å². The van der Waals surface area contributed by atoms with E-state index in [0.29, 0.717) is 0 Å². The standard InChI is InChI=1S/C18H18N4OS/c1-10(2)22-17-15(18(23)21-22)16(24-11(3)20-17)13-6-7-14-12(9-13)5-4-8-19-14/h4-10,16H,1-3H3,(H,21,23)/t16-/m0/s1. The SMILES string of the molecule is CC1=Nc2c(c(=O)[nH]n2C(C)C)[C@H](c2ccc3ncccc3c2)S1. The fourth-order valence-electron chi connectivity index (χ4n) is 3.07. The molecule has 122 valence electrons. The van der Waals surface area contributed by atoms with Gasteiger partial charge >= 0.3 is 0 Å². The van der Waals surface area contributed by atoms with E-state index < -0.39 is 0 Å². The summed E-state index contributed by atoms with van der Waals surface area (Å²) in [4.78, 5) is 21.6. The van der Waals surface area contributed by atoms with Gasteiger partial charge in [-0.3, -0.25) is 19.6 Å². The van der Waals surface area contributed by atoms with Gasteiger partial charge in [0.1, 0.15) is 0 Å². The molecule has 3 heterocycles. The number of aromatic nitrogens is 3. The average Bonchev–Trinajstić information content (AvgIpc) is 2.90. The maximum absolute atomic E-state index is 12.6. The van der Waals surface area contributed by atoms with Crippen LogP contribution in [0.2, 0.25) is 0 Å². The van der Waals surface area contributed by atoms with Crippen molar-refractivity contribution in [3.05, 3.63) is 58.0 Å². The molecule has 4 rings (SSSR count). The van der Waals surface area contributed by atoms with Gasteiger partial charge in [0, 0.05) is 17.6 Å². The summed E-state index contributed by atoms with van der Waals surface area (Å²) in [6, 6.07) is 10.3. The van der Waals surface area contributed by atoms with Crippen LogP contribution in [0.1, 0.15) is 43.2 Å². The maximum Gasteiger partial charge on any atom is 0.271 e. The Kier molecular flexibility index (Phi) is 3.57. The summed E-state index contributed by atoms with van der Waals surface area (Å²) >= 11 is 1.63. The number of hydrogen-bond donors (Lipinski definition) is 1. The lowest BCUT2D eigenvalue weighted by Crippen LogP contribution is -2.13. The van der Waals surface area contributed by atoms with Gasteiger partial charge in [-0.1, -0.05) is 23.9 Å². The van der Waals surface area contributed by atoms with Gasteiger partial charge in [0.25, 0.3) is 5.56 Å². The molecule has 2 aromatic heterocycles. The van der Waals surface area contributed by atoms with Crippen molar-refractivity contribution in [2.24, 2.45) is 4.99 Å². The Morgan fingerprint density at radius 1 is 1.29 bits per heavy atom. The smallest absolute Gasteiger partial charge is 0.268 e. The van der Waals surface area contributed by atoms with E-state index in [9.17, 15) is 4.79 Å². The molecule has 0 saturated heterocycles. The van der Waals surface area contributed by atoms with Crippen molar-refractivity contribution in [1.82, 2.24) is 14.8 Å². The molecule has 24 heavy (non-hydrogen) atoms. The minimum Gasteiger partial charge on any atom is -0.268 e. The number of benzene rings is 1. The zero-order valence-electron chi connectivity index (χ0n) is 13.8. The predicted octanol–water partition coefficient (Wildman–Crippen LogP) is 4.19. The Bertz CT molecular complexity index is 1020. The molecule has 5 nitrogen and oxygen atoms in total. The molecule has 0 aliphatic carbocycles. The first-order valence-electron chi connectivity index (χ1n) is 7.95. The van der Waals surface area contributed by atoms with E-state index in [1.165, 1.54) is 0 Å². The molecule has 1 N–H and O–H groups in total. The predicted molar refractivity (Wildman–Crippen MR) is 99.4 cm³/mol. The molecular weight excluding hydrogens is 320 g/mol. The zero-order chi connectivity index (χ0) is 16.8. The van der Waals surface area contributed by atoms with Gasteiger partial charge < -0.3 is 0 Å². The second-order valence-corrected chi connectivity index (χ2v) is 7.52. The minimum absolute atomic E-state index is 0.0501. The van der Waals surface area contributed by atoms with Crippen LogP contribution in [-0.2, 0) is 0 Å². The average molecular weight is 338 g/mol. The summed E-state index contributed by atoms with van der Waals surface area (Å²) in [6.07, 6.45) is 1.79. The molecule has 1 aliphatic heterocycles. The zero-order valence-corrected chi connectivity index (χ0v) is 14.6. The van der Waals surface area contributed by atoms with Gasteiger partial charge in [-0.05, 0) is 44.5 Å². The van der Waals surface area contributed by atoms with Crippen LogP contribution in [0.4, 0.5) is 5.82 Å². The topological polar surface area (TPSA) is 63.0 Å². The second-order valence-electron chi connectivity index (χ2n) is 6.23. The Morgan fingerprint density at radius 2 is 2.12 bits per heavy atom. The van der Waals surface area contributed by atoms with E-state index in [1.54, 1.807) is 18.0 Å². The molecule has 0 fully saturated rings. The summed E-state index contributed by atoms with van der Waals surface area (Å²) in [5.41, 5.74) is 2.74. The number of nitrogens with zero attached hydrogens (tertiary/aromatic N) is 3. The lowest BCUT2D eigenvalue weighted by atomic mass is 10.0. The number of hydrogen-bond acceptors (Lipinski definition) is 4. The van der Waals surface area contributed by atoms with E-state index in [1.807, 2.05) is 43.7 Å². The van der Waals surface area contributed by atoms with Crippen LogP contribution in [0.25, 0.3) is 10.9 Å². The minimum atomic E-state index is -0.0567. The monoisotopic (exact) mass is 338 g/mol. The molecule has 0 amide bonds. The van der Waals surface area contributed by atoms with Crippen molar-refractivity contribution >= 4 is 33.5 Å². The third kappa shape index (κ3) is 2.38. The van der Waals surface area contributed by atoms with Crippen LogP contribution in [0.15, 0.2) is 46.3 Å². The molecule has 3 aromatic rings. The van der Waals surface area contributed by atoms with Crippen LogP contribution in [0.3, 0.4) is 0 Å². The van der Waals surface area contributed by atoms with Gasteiger partial charge in [0.15, 0.2) is 5.82 Å². The normalized spacial score (nSPS) is 17.2. The third-order valence-corrected chi connectivity index (χ3v) is 5.37. The molecular formula is C18H18N4OS. The summed E-state index contributed by atoms with van der Waals surface area (Å²) in [7, 11) is 0. The number of pyridine rings is 1. The van der Waals surface area contributed by atoms with Gasteiger partial charge in [-0.2, -0.15) is 0 Å². The number of nitrogens with one attached hydrogen (secondary N) is 1. The number of aromatic amines is 1. The highest BCUT2D eigenvalue weighted by Crippen LogP contribution is 2.44. The van der Waals surface area contributed by atoms with Crippen LogP contribution in [0.5, 0.6) is 0 Å². The first kappa shape index (κ1) is 15.2. The lowest BCUT2D eigenvalue weighted by molar-refractivity contribution is 0.533. The first-order valence-corrected chi connectivity index (χ1v) is 8.83. The van der Waals surface area contributed by atoms with E-state index in [4.69, 9.17) is 0 Å².